The van der Waals surface area contributed by atoms with Crippen molar-refractivity contribution in [1.29, 1.82) is 0 Å². The summed E-state index contributed by atoms with van der Waals surface area (Å²) < 4.78 is 5.41. The maximum atomic E-state index is 5.41. The minimum atomic E-state index is 0.221. The number of aryl methyl sites for hydroxylation is 2. The Morgan fingerprint density at radius 1 is 1.24 bits per heavy atom. The Morgan fingerprint density at radius 3 is 2.59 bits per heavy atom. The van der Waals surface area contributed by atoms with Gasteiger partial charge in [0.15, 0.2) is 0 Å². The lowest BCUT2D eigenvalue weighted by atomic mass is 9.96. The van der Waals surface area contributed by atoms with Crippen LogP contribution in [0.1, 0.15) is 35.4 Å². The van der Waals surface area contributed by atoms with Gasteiger partial charge in [0, 0.05) is 5.56 Å². The number of benzene rings is 1. The fourth-order valence-corrected chi connectivity index (χ4v) is 2.14. The van der Waals surface area contributed by atoms with Crippen LogP contribution in [-0.2, 0) is 0 Å². The van der Waals surface area contributed by atoms with Crippen LogP contribution < -0.4 is 5.32 Å². The number of hydrogen-bond donors (Lipinski definition) is 1. The second-order valence-corrected chi connectivity index (χ2v) is 4.34. The number of nitrogens with one attached hydrogen (secondary N) is 1. The summed E-state index contributed by atoms with van der Waals surface area (Å²) in [6.07, 6.45) is 1.84. The Kier molecular flexibility index (Phi) is 3.64. The van der Waals surface area contributed by atoms with Crippen molar-refractivity contribution < 1.29 is 4.42 Å². The summed E-state index contributed by atoms with van der Waals surface area (Å²) in [7, 11) is 0. The zero-order chi connectivity index (χ0) is 12.3. The van der Waals surface area contributed by atoms with Crippen LogP contribution in [0.4, 0.5) is 0 Å². The van der Waals surface area contributed by atoms with Crippen LogP contribution in [0.5, 0.6) is 0 Å². The summed E-state index contributed by atoms with van der Waals surface area (Å²) in [6, 6.07) is 10.8. The Balaban J connectivity index is 2.39. The van der Waals surface area contributed by atoms with E-state index in [0.717, 1.165) is 12.3 Å². The van der Waals surface area contributed by atoms with Crippen LogP contribution in [0.2, 0.25) is 0 Å². The molecule has 0 aliphatic carbocycles. The van der Waals surface area contributed by atoms with Gasteiger partial charge in [0.05, 0.1) is 12.3 Å². The van der Waals surface area contributed by atoms with Crippen molar-refractivity contribution in [3.8, 4) is 0 Å². The quantitative estimate of drug-likeness (QED) is 0.866. The van der Waals surface area contributed by atoms with Crippen molar-refractivity contribution in [3.05, 3.63) is 59.0 Å². The SMILES string of the molecule is CCNC(c1coc(C)c1)c1ccccc1C. The summed E-state index contributed by atoms with van der Waals surface area (Å²) in [6.45, 7) is 7.18. The van der Waals surface area contributed by atoms with Gasteiger partial charge in [-0.1, -0.05) is 31.2 Å². The molecule has 0 bridgehead atoms. The average Bonchev–Trinajstić information content (AvgIpc) is 2.74. The van der Waals surface area contributed by atoms with Gasteiger partial charge in [0.1, 0.15) is 5.76 Å². The molecular formula is C15H19NO. The van der Waals surface area contributed by atoms with E-state index >= 15 is 0 Å². The first kappa shape index (κ1) is 11.9. The minimum absolute atomic E-state index is 0.221. The first-order chi connectivity index (χ1) is 8.22. The van der Waals surface area contributed by atoms with E-state index in [1.807, 2.05) is 13.2 Å². The van der Waals surface area contributed by atoms with Gasteiger partial charge in [0.2, 0.25) is 0 Å². The number of furan rings is 1. The fraction of sp³-hybridized carbons (Fsp3) is 0.333. The van der Waals surface area contributed by atoms with Gasteiger partial charge < -0.3 is 9.73 Å². The van der Waals surface area contributed by atoms with Crippen LogP contribution in [0, 0.1) is 13.8 Å². The maximum absolute atomic E-state index is 5.41. The third kappa shape index (κ3) is 2.59. The Morgan fingerprint density at radius 2 is 2.00 bits per heavy atom. The molecular weight excluding hydrogens is 210 g/mol. The molecule has 0 radical (unpaired) electrons. The van der Waals surface area contributed by atoms with E-state index in [-0.39, 0.29) is 6.04 Å². The molecule has 0 saturated heterocycles. The molecule has 1 heterocycles. The first-order valence-corrected chi connectivity index (χ1v) is 6.06. The van der Waals surface area contributed by atoms with Crippen molar-refractivity contribution >= 4 is 0 Å². The lowest BCUT2D eigenvalue weighted by Gasteiger charge is -2.18. The minimum Gasteiger partial charge on any atom is -0.469 e. The largest absolute Gasteiger partial charge is 0.469 e. The summed E-state index contributed by atoms with van der Waals surface area (Å²) >= 11 is 0. The standard InChI is InChI=1S/C15H19NO/c1-4-16-15(13-9-12(3)17-10-13)14-8-6-5-7-11(14)2/h5-10,15-16H,4H2,1-3H3. The third-order valence-corrected chi connectivity index (χ3v) is 2.99. The number of rotatable bonds is 4. The van der Waals surface area contributed by atoms with Gasteiger partial charge in [-0.3, -0.25) is 0 Å². The molecule has 1 unspecified atom stereocenters. The molecule has 90 valence electrons. The van der Waals surface area contributed by atoms with Crippen molar-refractivity contribution in [1.82, 2.24) is 5.32 Å². The smallest absolute Gasteiger partial charge is 0.101 e. The highest BCUT2D eigenvalue weighted by Gasteiger charge is 2.16. The van der Waals surface area contributed by atoms with Crippen molar-refractivity contribution in [2.75, 3.05) is 6.54 Å². The predicted octanol–water partition coefficient (Wildman–Crippen LogP) is 3.60. The molecule has 0 aliphatic heterocycles. The lowest BCUT2D eigenvalue weighted by Crippen LogP contribution is -2.22. The molecule has 0 amide bonds. The van der Waals surface area contributed by atoms with E-state index < -0.39 is 0 Å². The molecule has 0 saturated carbocycles. The highest BCUT2D eigenvalue weighted by molar-refractivity contribution is 5.36. The second-order valence-electron chi connectivity index (χ2n) is 4.34. The molecule has 1 atom stereocenters. The van der Waals surface area contributed by atoms with E-state index in [0.29, 0.717) is 0 Å². The van der Waals surface area contributed by atoms with Gasteiger partial charge in [-0.25, -0.2) is 0 Å². The summed E-state index contributed by atoms with van der Waals surface area (Å²) in [5, 5.41) is 3.51. The van der Waals surface area contributed by atoms with Gasteiger partial charge in [-0.15, -0.1) is 0 Å². The highest BCUT2D eigenvalue weighted by Crippen LogP contribution is 2.26. The van der Waals surface area contributed by atoms with E-state index in [1.54, 1.807) is 0 Å². The molecule has 2 aromatic rings. The summed E-state index contributed by atoms with van der Waals surface area (Å²) in [4.78, 5) is 0. The monoisotopic (exact) mass is 229 g/mol. The molecule has 2 rings (SSSR count). The Hall–Kier alpha value is -1.54. The Labute approximate surface area is 103 Å². The van der Waals surface area contributed by atoms with Gasteiger partial charge in [-0.05, 0) is 37.6 Å². The zero-order valence-corrected chi connectivity index (χ0v) is 10.7. The van der Waals surface area contributed by atoms with Crippen LogP contribution in [-0.4, -0.2) is 6.54 Å². The van der Waals surface area contributed by atoms with Crippen molar-refractivity contribution in [3.63, 3.8) is 0 Å². The maximum Gasteiger partial charge on any atom is 0.101 e. The van der Waals surface area contributed by atoms with Gasteiger partial charge in [0.25, 0.3) is 0 Å². The van der Waals surface area contributed by atoms with E-state index in [1.165, 1.54) is 16.7 Å². The fourth-order valence-electron chi connectivity index (χ4n) is 2.14. The molecule has 0 aliphatic rings. The summed E-state index contributed by atoms with van der Waals surface area (Å²) in [5.41, 5.74) is 3.81. The third-order valence-electron chi connectivity index (χ3n) is 2.99. The van der Waals surface area contributed by atoms with Crippen molar-refractivity contribution in [2.24, 2.45) is 0 Å². The van der Waals surface area contributed by atoms with Crippen molar-refractivity contribution in [2.45, 2.75) is 26.8 Å². The van der Waals surface area contributed by atoms with E-state index in [9.17, 15) is 0 Å². The second kappa shape index (κ2) is 5.19. The van der Waals surface area contributed by atoms with Crippen LogP contribution in [0.25, 0.3) is 0 Å². The normalized spacial score (nSPS) is 12.6. The molecule has 0 fully saturated rings. The van der Waals surface area contributed by atoms with Gasteiger partial charge in [-0.2, -0.15) is 0 Å². The highest BCUT2D eigenvalue weighted by atomic mass is 16.3. The van der Waals surface area contributed by atoms with Crippen LogP contribution in [0.3, 0.4) is 0 Å². The Bertz CT molecular complexity index is 487. The molecule has 2 nitrogen and oxygen atoms in total. The molecule has 2 heteroatoms. The first-order valence-electron chi connectivity index (χ1n) is 6.06. The molecule has 0 spiro atoms. The van der Waals surface area contributed by atoms with Crippen LogP contribution >= 0.6 is 0 Å². The molecule has 1 aromatic heterocycles. The molecule has 1 aromatic carbocycles. The molecule has 1 N–H and O–H groups in total. The average molecular weight is 229 g/mol. The van der Waals surface area contributed by atoms with Gasteiger partial charge >= 0.3 is 0 Å². The topological polar surface area (TPSA) is 25.2 Å². The molecule has 17 heavy (non-hydrogen) atoms. The lowest BCUT2D eigenvalue weighted by molar-refractivity contribution is 0.525. The van der Waals surface area contributed by atoms with E-state index in [4.69, 9.17) is 4.42 Å². The van der Waals surface area contributed by atoms with Crippen LogP contribution in [0.15, 0.2) is 41.0 Å². The summed E-state index contributed by atoms with van der Waals surface area (Å²) in [5.74, 6) is 0.955. The predicted molar refractivity (Wildman–Crippen MR) is 70.1 cm³/mol. The number of hydrogen-bond acceptors (Lipinski definition) is 2. The van der Waals surface area contributed by atoms with E-state index in [2.05, 4.69) is 49.5 Å². The zero-order valence-electron chi connectivity index (χ0n) is 10.7.